The molecule has 0 aromatic heterocycles. The van der Waals surface area contributed by atoms with Crippen LogP contribution in [0.15, 0.2) is 23.8 Å². The lowest BCUT2D eigenvalue weighted by molar-refractivity contribution is -0.137. The molecule has 0 spiro atoms. The first-order valence-electron chi connectivity index (χ1n) is 9.37. The summed E-state index contributed by atoms with van der Waals surface area (Å²) in [4.78, 5) is 23.2. The van der Waals surface area contributed by atoms with Crippen molar-refractivity contribution < 1.29 is 9.59 Å². The van der Waals surface area contributed by atoms with Crippen molar-refractivity contribution in [3.8, 4) is 0 Å². The van der Waals surface area contributed by atoms with Crippen LogP contribution in [-0.2, 0) is 9.59 Å². The maximum absolute atomic E-state index is 12.1. The fraction of sp³-hybridized carbons (Fsp3) is 0.714. The number of hydrogen-bond donors (Lipinski definition) is 0. The molecule has 4 aliphatic carbocycles. The Morgan fingerprint density at radius 3 is 2.78 bits per heavy atom. The smallest absolute Gasteiger partial charge is 0.198 e. The highest BCUT2D eigenvalue weighted by atomic mass is 16.2. The van der Waals surface area contributed by atoms with Crippen molar-refractivity contribution in [1.29, 1.82) is 0 Å². The Kier molecular flexibility index (Phi) is 3.44. The second kappa shape index (κ2) is 5.16. The standard InChI is InChI=1S/C21H28O2/c1-20-11-4-3-5-14(20)6-7-15-16-8-9-18(19(23)13-22)21(16,2)12-10-17(15)20/h4-5,11,13,15-18H,3,6-10,12H2,1-2H3/t15-,16-,17-,18+,20-,21-/m0/s1. The van der Waals surface area contributed by atoms with Gasteiger partial charge in [0.15, 0.2) is 12.1 Å². The van der Waals surface area contributed by atoms with Crippen LogP contribution in [0.3, 0.4) is 0 Å². The number of carbonyl (C=O) groups excluding carboxylic acids is 2. The van der Waals surface area contributed by atoms with Gasteiger partial charge in [0, 0.05) is 11.3 Å². The molecule has 0 heterocycles. The minimum atomic E-state index is -0.145. The molecule has 0 amide bonds. The Labute approximate surface area is 139 Å². The molecule has 3 saturated carbocycles. The van der Waals surface area contributed by atoms with Gasteiger partial charge in [-0.15, -0.1) is 0 Å². The first kappa shape index (κ1) is 15.4. The van der Waals surface area contributed by atoms with Crippen LogP contribution in [0.2, 0.25) is 0 Å². The van der Waals surface area contributed by atoms with Crippen molar-refractivity contribution in [2.24, 2.45) is 34.5 Å². The Morgan fingerprint density at radius 2 is 2.00 bits per heavy atom. The molecular formula is C21H28O2. The average Bonchev–Trinajstić information content (AvgIpc) is 2.91. The maximum Gasteiger partial charge on any atom is 0.198 e. The van der Waals surface area contributed by atoms with Gasteiger partial charge in [0.05, 0.1) is 0 Å². The third-order valence-corrected chi connectivity index (χ3v) is 8.07. The summed E-state index contributed by atoms with van der Waals surface area (Å²) in [5.74, 6) is 1.92. The van der Waals surface area contributed by atoms with Gasteiger partial charge in [-0.25, -0.2) is 0 Å². The molecule has 6 atom stereocenters. The van der Waals surface area contributed by atoms with E-state index in [2.05, 4.69) is 32.1 Å². The maximum atomic E-state index is 12.1. The predicted octanol–water partition coefficient (Wildman–Crippen LogP) is 4.50. The zero-order valence-electron chi connectivity index (χ0n) is 14.4. The van der Waals surface area contributed by atoms with E-state index in [4.69, 9.17) is 0 Å². The average molecular weight is 312 g/mol. The summed E-state index contributed by atoms with van der Waals surface area (Å²) in [7, 11) is 0. The van der Waals surface area contributed by atoms with E-state index in [9.17, 15) is 9.59 Å². The van der Waals surface area contributed by atoms with Gasteiger partial charge < -0.3 is 0 Å². The van der Waals surface area contributed by atoms with Crippen molar-refractivity contribution in [3.05, 3.63) is 23.8 Å². The number of Topliss-reactive ketones (excluding diaryl/α,β-unsaturated/α-hetero) is 1. The fourth-order valence-electron chi connectivity index (χ4n) is 6.89. The van der Waals surface area contributed by atoms with E-state index >= 15 is 0 Å². The first-order chi connectivity index (χ1) is 11.0. The highest BCUT2D eigenvalue weighted by Gasteiger charge is 2.59. The molecule has 4 rings (SSSR count). The van der Waals surface area contributed by atoms with Crippen LogP contribution in [0.25, 0.3) is 0 Å². The Morgan fingerprint density at radius 1 is 1.17 bits per heavy atom. The lowest BCUT2D eigenvalue weighted by Gasteiger charge is -2.57. The molecule has 124 valence electrons. The molecule has 0 N–H and O–H groups in total. The van der Waals surface area contributed by atoms with Crippen LogP contribution in [0, 0.1) is 34.5 Å². The molecule has 0 aromatic rings. The van der Waals surface area contributed by atoms with E-state index in [0.29, 0.717) is 12.2 Å². The minimum absolute atomic E-state index is 0.0161. The summed E-state index contributed by atoms with van der Waals surface area (Å²) in [6.45, 7) is 4.74. The van der Waals surface area contributed by atoms with Gasteiger partial charge in [0.2, 0.25) is 0 Å². The van der Waals surface area contributed by atoms with Crippen LogP contribution in [0.1, 0.15) is 58.8 Å². The molecule has 0 saturated heterocycles. The number of ketones is 1. The van der Waals surface area contributed by atoms with E-state index < -0.39 is 0 Å². The van der Waals surface area contributed by atoms with Gasteiger partial charge in [0.1, 0.15) is 0 Å². The molecular weight excluding hydrogens is 284 g/mol. The van der Waals surface area contributed by atoms with E-state index in [1.54, 1.807) is 5.57 Å². The van der Waals surface area contributed by atoms with Crippen molar-refractivity contribution in [3.63, 3.8) is 0 Å². The Bertz CT molecular complexity index is 601. The first-order valence-corrected chi connectivity index (χ1v) is 9.37. The second-order valence-corrected chi connectivity index (χ2v) is 8.76. The Balaban J connectivity index is 1.67. The molecule has 0 radical (unpaired) electrons. The van der Waals surface area contributed by atoms with Crippen LogP contribution in [0.4, 0.5) is 0 Å². The molecule has 4 aliphatic rings. The summed E-state index contributed by atoms with van der Waals surface area (Å²) in [5, 5.41) is 0. The van der Waals surface area contributed by atoms with Gasteiger partial charge in [-0.1, -0.05) is 37.6 Å². The summed E-state index contributed by atoms with van der Waals surface area (Å²) >= 11 is 0. The van der Waals surface area contributed by atoms with E-state index in [-0.39, 0.29) is 22.5 Å². The molecule has 0 aromatic carbocycles. The number of allylic oxidation sites excluding steroid dienone is 4. The zero-order chi connectivity index (χ0) is 16.2. The largest absolute Gasteiger partial charge is 0.295 e. The van der Waals surface area contributed by atoms with Gasteiger partial charge in [-0.05, 0) is 68.1 Å². The molecule has 2 heteroatoms. The number of fused-ring (bicyclic) bond motifs is 5. The second-order valence-electron chi connectivity index (χ2n) is 8.76. The zero-order valence-corrected chi connectivity index (χ0v) is 14.4. The van der Waals surface area contributed by atoms with Crippen LogP contribution in [0.5, 0.6) is 0 Å². The number of rotatable bonds is 2. The predicted molar refractivity (Wildman–Crippen MR) is 90.8 cm³/mol. The molecule has 23 heavy (non-hydrogen) atoms. The van der Waals surface area contributed by atoms with Crippen molar-refractivity contribution >= 4 is 12.1 Å². The highest BCUT2D eigenvalue weighted by molar-refractivity contribution is 6.26. The third kappa shape index (κ3) is 1.99. The summed E-state index contributed by atoms with van der Waals surface area (Å²) < 4.78 is 0. The fourth-order valence-corrected chi connectivity index (χ4v) is 6.89. The number of aldehydes is 1. The van der Waals surface area contributed by atoms with Gasteiger partial charge in [0.25, 0.3) is 0 Å². The normalized spacial score (nSPS) is 48.0. The van der Waals surface area contributed by atoms with Gasteiger partial charge in [-0.2, -0.15) is 0 Å². The van der Waals surface area contributed by atoms with Crippen LogP contribution < -0.4 is 0 Å². The monoisotopic (exact) mass is 312 g/mol. The van der Waals surface area contributed by atoms with E-state index in [0.717, 1.165) is 37.5 Å². The highest BCUT2D eigenvalue weighted by Crippen LogP contribution is 2.66. The topological polar surface area (TPSA) is 34.1 Å². The summed E-state index contributed by atoms with van der Waals surface area (Å²) in [6, 6.07) is 0. The summed E-state index contributed by atoms with van der Waals surface area (Å²) in [6.07, 6.45) is 15.8. The van der Waals surface area contributed by atoms with Crippen molar-refractivity contribution in [1.82, 2.24) is 0 Å². The van der Waals surface area contributed by atoms with Crippen molar-refractivity contribution in [2.75, 3.05) is 0 Å². The van der Waals surface area contributed by atoms with Crippen molar-refractivity contribution in [2.45, 2.75) is 58.8 Å². The quantitative estimate of drug-likeness (QED) is 0.427. The Hall–Kier alpha value is -1.18. The molecule has 0 bridgehead atoms. The number of carbonyl (C=O) groups is 2. The lowest BCUT2D eigenvalue weighted by atomic mass is 9.47. The van der Waals surface area contributed by atoms with Crippen LogP contribution in [-0.4, -0.2) is 12.1 Å². The lowest BCUT2D eigenvalue weighted by Crippen LogP contribution is -2.50. The summed E-state index contributed by atoms with van der Waals surface area (Å²) in [5.41, 5.74) is 1.97. The molecule has 0 aliphatic heterocycles. The number of hydrogen-bond acceptors (Lipinski definition) is 2. The molecule has 2 nitrogen and oxygen atoms in total. The van der Waals surface area contributed by atoms with Gasteiger partial charge >= 0.3 is 0 Å². The van der Waals surface area contributed by atoms with E-state index in [1.807, 2.05) is 0 Å². The molecule has 3 fully saturated rings. The molecule has 0 unspecified atom stereocenters. The van der Waals surface area contributed by atoms with E-state index in [1.165, 1.54) is 19.3 Å². The SMILES string of the molecule is C[C@]12CC[C@H]3[C@@H](CCC4=CCC=C[C@@]43C)[C@@H]1CC[C@@H]2C(=O)C=O. The minimum Gasteiger partial charge on any atom is -0.295 e. The van der Waals surface area contributed by atoms with Gasteiger partial charge in [-0.3, -0.25) is 9.59 Å². The van der Waals surface area contributed by atoms with Crippen LogP contribution >= 0.6 is 0 Å². The third-order valence-electron chi connectivity index (χ3n) is 8.07.